The molecule has 1 fully saturated rings. The summed E-state index contributed by atoms with van der Waals surface area (Å²) >= 11 is 1.90. The van der Waals surface area contributed by atoms with Crippen LogP contribution in [0.4, 0.5) is 0 Å². The van der Waals surface area contributed by atoms with E-state index >= 15 is 0 Å². The molecule has 20 heavy (non-hydrogen) atoms. The summed E-state index contributed by atoms with van der Waals surface area (Å²) in [6, 6.07) is 5.59. The number of sulfonamides is 1. The minimum absolute atomic E-state index is 0.399. The van der Waals surface area contributed by atoms with Crippen LogP contribution in [0, 0.1) is 12.8 Å². The maximum absolute atomic E-state index is 12.4. The molecule has 1 unspecified atom stereocenters. The molecule has 6 heteroatoms. The fraction of sp³-hybridized carbons (Fsp3) is 0.571. The fourth-order valence-electron chi connectivity index (χ4n) is 2.30. The van der Waals surface area contributed by atoms with Crippen molar-refractivity contribution in [3.8, 4) is 0 Å². The van der Waals surface area contributed by atoms with Crippen LogP contribution in [-0.2, 0) is 16.6 Å². The van der Waals surface area contributed by atoms with Gasteiger partial charge in [-0.1, -0.05) is 12.1 Å². The largest absolute Gasteiger partial charge is 0.316 e. The molecule has 0 spiro atoms. The van der Waals surface area contributed by atoms with Crippen molar-refractivity contribution < 1.29 is 8.42 Å². The van der Waals surface area contributed by atoms with Gasteiger partial charge in [-0.3, -0.25) is 0 Å². The zero-order valence-corrected chi connectivity index (χ0v) is 13.6. The summed E-state index contributed by atoms with van der Waals surface area (Å²) in [5.41, 5.74) is 1.77. The van der Waals surface area contributed by atoms with E-state index in [0.717, 1.165) is 29.1 Å². The van der Waals surface area contributed by atoms with E-state index in [4.69, 9.17) is 0 Å². The zero-order chi connectivity index (χ0) is 14.6. The van der Waals surface area contributed by atoms with Gasteiger partial charge < -0.3 is 5.32 Å². The number of nitrogens with one attached hydrogen (secondary N) is 2. The molecule has 1 aliphatic heterocycles. The van der Waals surface area contributed by atoms with Crippen LogP contribution >= 0.6 is 11.8 Å². The third kappa shape index (κ3) is 3.97. The van der Waals surface area contributed by atoms with E-state index in [0.29, 0.717) is 23.9 Å². The predicted molar refractivity (Wildman–Crippen MR) is 84.6 cm³/mol. The molecule has 0 radical (unpaired) electrons. The molecule has 4 nitrogen and oxygen atoms in total. The highest BCUT2D eigenvalue weighted by atomic mass is 32.2. The molecule has 1 atom stereocenters. The summed E-state index contributed by atoms with van der Waals surface area (Å²) in [5.74, 6) is 2.67. The quantitative estimate of drug-likeness (QED) is 0.840. The molecule has 0 amide bonds. The molecule has 0 bridgehead atoms. The van der Waals surface area contributed by atoms with Gasteiger partial charge in [-0.2, -0.15) is 11.8 Å². The first-order valence-electron chi connectivity index (χ1n) is 6.84. The second-order valence-corrected chi connectivity index (χ2v) is 8.10. The SMILES string of the molecule is CNCc1ccc(C)c(S(=O)(=O)NCC2CCSC2)c1. The van der Waals surface area contributed by atoms with Crippen molar-refractivity contribution in [1.82, 2.24) is 10.0 Å². The lowest BCUT2D eigenvalue weighted by Gasteiger charge is -2.13. The highest BCUT2D eigenvalue weighted by Crippen LogP contribution is 2.23. The van der Waals surface area contributed by atoms with Crippen molar-refractivity contribution in [2.75, 3.05) is 25.1 Å². The Morgan fingerprint density at radius 3 is 2.85 bits per heavy atom. The molecule has 1 aliphatic rings. The first-order chi connectivity index (χ1) is 9.53. The number of hydrogen-bond donors (Lipinski definition) is 2. The van der Waals surface area contributed by atoms with Gasteiger partial charge in [0.1, 0.15) is 0 Å². The third-order valence-corrected chi connectivity index (χ3v) is 6.31. The van der Waals surface area contributed by atoms with Crippen LogP contribution in [0.2, 0.25) is 0 Å². The minimum Gasteiger partial charge on any atom is -0.316 e. The summed E-state index contributed by atoms with van der Waals surface area (Å²) in [7, 11) is -1.56. The molecular formula is C14H22N2O2S2. The van der Waals surface area contributed by atoms with Gasteiger partial charge in [0.15, 0.2) is 0 Å². The van der Waals surface area contributed by atoms with Gasteiger partial charge in [0, 0.05) is 13.1 Å². The van der Waals surface area contributed by atoms with Crippen LogP contribution in [0.5, 0.6) is 0 Å². The maximum Gasteiger partial charge on any atom is 0.240 e. The molecule has 112 valence electrons. The topological polar surface area (TPSA) is 58.2 Å². The lowest BCUT2D eigenvalue weighted by atomic mass is 10.1. The Morgan fingerprint density at radius 1 is 1.40 bits per heavy atom. The van der Waals surface area contributed by atoms with Gasteiger partial charge in [-0.05, 0) is 55.0 Å². The Kier molecular flexibility index (Phi) is 5.49. The molecule has 1 heterocycles. The smallest absolute Gasteiger partial charge is 0.240 e. The molecule has 1 aromatic carbocycles. The van der Waals surface area contributed by atoms with Gasteiger partial charge in [0.05, 0.1) is 4.90 Å². The Morgan fingerprint density at radius 2 is 2.20 bits per heavy atom. The van der Waals surface area contributed by atoms with Crippen LogP contribution in [0.25, 0.3) is 0 Å². The van der Waals surface area contributed by atoms with E-state index in [1.807, 2.05) is 37.9 Å². The third-order valence-electron chi connectivity index (χ3n) is 3.51. The van der Waals surface area contributed by atoms with Crippen LogP contribution in [0.1, 0.15) is 17.5 Å². The average molecular weight is 314 g/mol. The maximum atomic E-state index is 12.4. The van der Waals surface area contributed by atoms with Gasteiger partial charge in [0.25, 0.3) is 0 Å². The van der Waals surface area contributed by atoms with E-state index < -0.39 is 10.0 Å². The van der Waals surface area contributed by atoms with Crippen molar-refractivity contribution in [2.24, 2.45) is 5.92 Å². The van der Waals surface area contributed by atoms with Crippen molar-refractivity contribution >= 4 is 21.8 Å². The van der Waals surface area contributed by atoms with Crippen LogP contribution < -0.4 is 10.0 Å². The number of rotatable bonds is 6. The average Bonchev–Trinajstić information content (AvgIpc) is 2.92. The number of thioether (sulfide) groups is 1. The van der Waals surface area contributed by atoms with E-state index in [-0.39, 0.29) is 0 Å². The lowest BCUT2D eigenvalue weighted by molar-refractivity contribution is 0.545. The Balaban J connectivity index is 2.12. The lowest BCUT2D eigenvalue weighted by Crippen LogP contribution is -2.30. The first-order valence-corrected chi connectivity index (χ1v) is 9.48. The minimum atomic E-state index is -3.41. The Hall–Kier alpha value is -0.560. The fourth-order valence-corrected chi connectivity index (χ4v) is 4.99. The number of aryl methyl sites for hydroxylation is 1. The summed E-state index contributed by atoms with van der Waals surface area (Å²) in [5, 5.41) is 3.04. The van der Waals surface area contributed by atoms with E-state index in [1.165, 1.54) is 0 Å². The molecule has 1 aromatic rings. The van der Waals surface area contributed by atoms with Gasteiger partial charge in [-0.15, -0.1) is 0 Å². The van der Waals surface area contributed by atoms with Crippen molar-refractivity contribution in [3.63, 3.8) is 0 Å². The molecule has 0 aliphatic carbocycles. The molecule has 0 saturated carbocycles. The predicted octanol–water partition coefficient (Wildman–Crippen LogP) is 1.75. The van der Waals surface area contributed by atoms with Crippen LogP contribution in [-0.4, -0.2) is 33.5 Å². The Bertz CT molecular complexity index is 552. The molecular weight excluding hydrogens is 292 g/mol. The van der Waals surface area contributed by atoms with Crippen molar-refractivity contribution in [3.05, 3.63) is 29.3 Å². The summed E-state index contributed by atoms with van der Waals surface area (Å²) in [4.78, 5) is 0.399. The van der Waals surface area contributed by atoms with Gasteiger partial charge in [-0.25, -0.2) is 13.1 Å². The summed E-state index contributed by atoms with van der Waals surface area (Å²) in [6.07, 6.45) is 1.10. The van der Waals surface area contributed by atoms with Gasteiger partial charge in [0.2, 0.25) is 10.0 Å². The highest BCUT2D eigenvalue weighted by molar-refractivity contribution is 7.99. The van der Waals surface area contributed by atoms with Crippen LogP contribution in [0.3, 0.4) is 0 Å². The summed E-state index contributed by atoms with van der Waals surface area (Å²) in [6.45, 7) is 3.05. The summed E-state index contributed by atoms with van der Waals surface area (Å²) < 4.78 is 27.6. The molecule has 2 rings (SSSR count). The normalized spacial score (nSPS) is 19.4. The Labute approximate surface area is 125 Å². The van der Waals surface area contributed by atoms with Crippen molar-refractivity contribution in [2.45, 2.75) is 24.8 Å². The standard InChI is InChI=1S/C14H22N2O2S2/c1-11-3-4-12(8-15-2)7-14(11)20(17,18)16-9-13-5-6-19-10-13/h3-4,7,13,15-16H,5-6,8-10H2,1-2H3. The molecule has 1 saturated heterocycles. The second kappa shape index (κ2) is 6.93. The van der Waals surface area contributed by atoms with Crippen LogP contribution in [0.15, 0.2) is 23.1 Å². The monoisotopic (exact) mass is 314 g/mol. The zero-order valence-electron chi connectivity index (χ0n) is 12.0. The van der Waals surface area contributed by atoms with E-state index in [9.17, 15) is 8.42 Å². The number of hydrogen-bond acceptors (Lipinski definition) is 4. The highest BCUT2D eigenvalue weighted by Gasteiger charge is 2.21. The second-order valence-electron chi connectivity index (χ2n) is 5.21. The van der Waals surface area contributed by atoms with Crippen molar-refractivity contribution in [1.29, 1.82) is 0 Å². The molecule has 2 N–H and O–H groups in total. The first kappa shape index (κ1) is 15.8. The molecule has 0 aromatic heterocycles. The van der Waals surface area contributed by atoms with E-state index in [2.05, 4.69) is 10.0 Å². The van der Waals surface area contributed by atoms with E-state index in [1.54, 1.807) is 6.07 Å². The number of benzene rings is 1. The van der Waals surface area contributed by atoms with Gasteiger partial charge >= 0.3 is 0 Å².